The van der Waals surface area contributed by atoms with Gasteiger partial charge in [-0.2, -0.15) is 13.2 Å². The van der Waals surface area contributed by atoms with Gasteiger partial charge in [-0.05, 0) is 13.0 Å². The van der Waals surface area contributed by atoms with Crippen molar-refractivity contribution in [2.24, 2.45) is 0 Å². The predicted molar refractivity (Wildman–Crippen MR) is 112 cm³/mol. The van der Waals surface area contributed by atoms with Crippen LogP contribution in [0.25, 0.3) is 0 Å². The maximum absolute atomic E-state index is 13.7. The Balaban J connectivity index is 1.86. The molecule has 8 nitrogen and oxygen atoms in total. The smallest absolute Gasteiger partial charge is 0.303 e. The van der Waals surface area contributed by atoms with Gasteiger partial charge in [-0.1, -0.05) is 6.07 Å². The summed E-state index contributed by atoms with van der Waals surface area (Å²) >= 11 is 0. The van der Waals surface area contributed by atoms with Crippen molar-refractivity contribution in [3.8, 4) is 5.75 Å². The third-order valence-corrected chi connectivity index (χ3v) is 4.15. The molecular formula is C21H21F3N6O2. The van der Waals surface area contributed by atoms with Crippen molar-refractivity contribution in [3.63, 3.8) is 0 Å². The lowest BCUT2D eigenvalue weighted by Crippen LogP contribution is -2.15. The summed E-state index contributed by atoms with van der Waals surface area (Å²) in [4.78, 5) is 26.7. The third kappa shape index (κ3) is 6.13. The SMILES string of the molecule is CC(=O)Nc1cc(Nc2cc(C)nc(C(C)(F)F)n2)c(OCCc2cccnc2F)cn1. The zero-order valence-corrected chi connectivity index (χ0v) is 17.6. The Morgan fingerprint density at radius 3 is 2.66 bits per heavy atom. The van der Waals surface area contributed by atoms with Gasteiger partial charge in [0.1, 0.15) is 11.6 Å². The molecule has 0 unspecified atom stereocenters. The molecule has 3 aromatic rings. The first-order chi connectivity index (χ1) is 15.1. The monoisotopic (exact) mass is 446 g/mol. The molecule has 3 aromatic heterocycles. The number of amides is 1. The molecule has 0 aromatic carbocycles. The maximum atomic E-state index is 13.7. The van der Waals surface area contributed by atoms with Gasteiger partial charge in [0, 0.05) is 49.9 Å². The largest absolute Gasteiger partial charge is 0.489 e. The van der Waals surface area contributed by atoms with Crippen LogP contribution in [0.4, 0.5) is 30.5 Å². The maximum Gasteiger partial charge on any atom is 0.303 e. The van der Waals surface area contributed by atoms with E-state index in [0.717, 1.165) is 0 Å². The Labute approximate surface area is 182 Å². The summed E-state index contributed by atoms with van der Waals surface area (Å²) in [6.07, 6.45) is 2.95. The summed E-state index contributed by atoms with van der Waals surface area (Å²) in [6.45, 7) is 3.70. The Morgan fingerprint density at radius 2 is 1.97 bits per heavy atom. The number of nitrogens with one attached hydrogen (secondary N) is 2. The molecule has 3 heterocycles. The lowest BCUT2D eigenvalue weighted by Gasteiger charge is -2.16. The molecule has 168 valence electrons. The second-order valence-electron chi connectivity index (χ2n) is 7.03. The first-order valence-electron chi connectivity index (χ1n) is 9.62. The van der Waals surface area contributed by atoms with Crippen LogP contribution in [0.2, 0.25) is 0 Å². The molecule has 11 heteroatoms. The molecule has 32 heavy (non-hydrogen) atoms. The van der Waals surface area contributed by atoms with Crippen LogP contribution in [0.5, 0.6) is 5.75 Å². The lowest BCUT2D eigenvalue weighted by atomic mass is 10.2. The molecule has 0 radical (unpaired) electrons. The number of hydrogen-bond acceptors (Lipinski definition) is 7. The number of aryl methyl sites for hydroxylation is 1. The van der Waals surface area contributed by atoms with Gasteiger partial charge >= 0.3 is 5.92 Å². The number of aromatic nitrogens is 4. The van der Waals surface area contributed by atoms with Gasteiger partial charge < -0.3 is 15.4 Å². The van der Waals surface area contributed by atoms with E-state index in [-0.39, 0.29) is 36.3 Å². The molecule has 3 rings (SSSR count). The lowest BCUT2D eigenvalue weighted by molar-refractivity contribution is -0.114. The van der Waals surface area contributed by atoms with Crippen molar-refractivity contribution in [3.05, 3.63) is 59.7 Å². The predicted octanol–water partition coefficient (Wildman–Crippen LogP) is 4.15. The highest BCUT2D eigenvalue weighted by Gasteiger charge is 2.29. The van der Waals surface area contributed by atoms with E-state index in [1.807, 2.05) is 0 Å². The van der Waals surface area contributed by atoms with Crippen molar-refractivity contribution in [2.75, 3.05) is 17.2 Å². The van der Waals surface area contributed by atoms with Gasteiger partial charge in [-0.3, -0.25) is 4.79 Å². The van der Waals surface area contributed by atoms with Gasteiger partial charge in [0.2, 0.25) is 17.7 Å². The molecule has 0 aliphatic rings. The van der Waals surface area contributed by atoms with Crippen molar-refractivity contribution < 1.29 is 22.7 Å². The molecular weight excluding hydrogens is 425 g/mol. The van der Waals surface area contributed by atoms with E-state index in [1.54, 1.807) is 19.1 Å². The number of ether oxygens (including phenoxy) is 1. The van der Waals surface area contributed by atoms with E-state index in [1.165, 1.54) is 31.5 Å². The molecule has 0 saturated heterocycles. The highest BCUT2D eigenvalue weighted by Crippen LogP contribution is 2.31. The topological polar surface area (TPSA) is 102 Å². The van der Waals surface area contributed by atoms with Crippen LogP contribution in [0.3, 0.4) is 0 Å². The number of anilines is 3. The summed E-state index contributed by atoms with van der Waals surface area (Å²) in [5.41, 5.74) is 1.04. The van der Waals surface area contributed by atoms with Crippen LogP contribution in [-0.2, 0) is 17.1 Å². The van der Waals surface area contributed by atoms with E-state index in [0.29, 0.717) is 23.9 Å². The van der Waals surface area contributed by atoms with Crippen molar-refractivity contribution >= 4 is 23.2 Å². The fourth-order valence-corrected chi connectivity index (χ4v) is 2.75. The fourth-order valence-electron chi connectivity index (χ4n) is 2.75. The van der Waals surface area contributed by atoms with Gasteiger partial charge in [0.05, 0.1) is 18.5 Å². The fraction of sp³-hybridized carbons (Fsp3) is 0.286. The summed E-state index contributed by atoms with van der Waals surface area (Å²) < 4.78 is 46.9. The Bertz CT molecular complexity index is 1120. The van der Waals surface area contributed by atoms with Crippen LogP contribution >= 0.6 is 0 Å². The Hall–Kier alpha value is -3.76. The van der Waals surface area contributed by atoms with E-state index < -0.39 is 17.7 Å². The summed E-state index contributed by atoms with van der Waals surface area (Å²) in [6, 6.07) is 6.18. The summed E-state index contributed by atoms with van der Waals surface area (Å²) in [5, 5.41) is 5.45. The highest BCUT2D eigenvalue weighted by molar-refractivity contribution is 5.88. The molecule has 2 N–H and O–H groups in total. The van der Waals surface area contributed by atoms with Crippen LogP contribution in [0.15, 0.2) is 36.7 Å². The standard InChI is InChI=1S/C21H21F3N6O2/c1-12-9-18(30-20(27-12)21(3,23)24)29-15-10-17(28-13(2)31)26-11-16(15)32-8-6-14-5-4-7-25-19(14)22/h4-5,7,9-11H,6,8H2,1-3H3,(H2,26,27,28,29,30,31). The average Bonchev–Trinajstić information content (AvgIpc) is 2.69. The normalized spacial score (nSPS) is 11.2. The molecule has 0 fully saturated rings. The molecule has 0 bridgehead atoms. The van der Waals surface area contributed by atoms with Crippen molar-refractivity contribution in [1.29, 1.82) is 0 Å². The minimum atomic E-state index is -3.23. The van der Waals surface area contributed by atoms with Crippen LogP contribution in [-0.4, -0.2) is 32.4 Å². The molecule has 0 aliphatic carbocycles. The van der Waals surface area contributed by atoms with Gasteiger partial charge in [0.25, 0.3) is 0 Å². The van der Waals surface area contributed by atoms with Crippen molar-refractivity contribution in [1.82, 2.24) is 19.9 Å². The zero-order valence-electron chi connectivity index (χ0n) is 17.6. The second-order valence-corrected chi connectivity index (χ2v) is 7.03. The number of halogens is 3. The van der Waals surface area contributed by atoms with Gasteiger partial charge in [-0.15, -0.1) is 0 Å². The molecule has 0 saturated carbocycles. The number of rotatable bonds is 8. The third-order valence-electron chi connectivity index (χ3n) is 4.15. The molecule has 0 spiro atoms. The van der Waals surface area contributed by atoms with Crippen LogP contribution < -0.4 is 15.4 Å². The van der Waals surface area contributed by atoms with Gasteiger partial charge in [-0.25, -0.2) is 19.9 Å². The zero-order chi connectivity index (χ0) is 23.3. The molecule has 0 aliphatic heterocycles. The molecule has 0 atom stereocenters. The van der Waals surface area contributed by atoms with Crippen molar-refractivity contribution in [2.45, 2.75) is 33.1 Å². The first-order valence-corrected chi connectivity index (χ1v) is 9.62. The first kappa shape index (κ1) is 22.9. The average molecular weight is 446 g/mol. The summed E-state index contributed by atoms with van der Waals surface area (Å²) in [5.74, 6) is -4.20. The number of pyridine rings is 2. The summed E-state index contributed by atoms with van der Waals surface area (Å²) in [7, 11) is 0. The van der Waals surface area contributed by atoms with Gasteiger partial charge in [0.15, 0.2) is 5.75 Å². The number of alkyl halides is 2. The second kappa shape index (κ2) is 9.58. The van der Waals surface area contributed by atoms with E-state index in [4.69, 9.17) is 4.74 Å². The van der Waals surface area contributed by atoms with E-state index in [2.05, 4.69) is 30.6 Å². The number of carbonyl (C=O) groups is 1. The van der Waals surface area contributed by atoms with E-state index in [9.17, 15) is 18.0 Å². The minimum absolute atomic E-state index is 0.0968. The molecule has 1 amide bonds. The number of hydrogen-bond donors (Lipinski definition) is 2. The Kier molecular flexibility index (Phi) is 6.86. The quantitative estimate of drug-likeness (QED) is 0.501. The van der Waals surface area contributed by atoms with Crippen LogP contribution in [0, 0.1) is 12.9 Å². The number of carbonyl (C=O) groups excluding carboxylic acids is 1. The van der Waals surface area contributed by atoms with E-state index >= 15 is 0 Å². The Morgan fingerprint density at radius 1 is 1.19 bits per heavy atom. The number of nitrogens with zero attached hydrogens (tertiary/aromatic N) is 4. The highest BCUT2D eigenvalue weighted by atomic mass is 19.3. The minimum Gasteiger partial charge on any atom is -0.489 e. The van der Waals surface area contributed by atoms with Crippen LogP contribution in [0.1, 0.15) is 30.9 Å².